The molecule has 2 aromatic carbocycles. The molecule has 3 rings (SSSR count). The zero-order chi connectivity index (χ0) is 27.9. The predicted octanol–water partition coefficient (Wildman–Crippen LogP) is 5.23. The van der Waals surface area contributed by atoms with Crippen LogP contribution in [0.1, 0.15) is 55.5 Å². The molecule has 0 spiro atoms. The van der Waals surface area contributed by atoms with E-state index < -0.39 is 36.7 Å². The molecule has 1 fully saturated rings. The van der Waals surface area contributed by atoms with Crippen molar-refractivity contribution in [2.75, 3.05) is 26.4 Å². The van der Waals surface area contributed by atoms with Crippen LogP contribution in [0.4, 0.5) is 0 Å². The number of unbranched alkanes of at least 4 members (excludes halogenated alkanes) is 2. The smallest absolute Gasteiger partial charge is 0.338 e. The Hall–Kier alpha value is -3.14. The van der Waals surface area contributed by atoms with Gasteiger partial charge in [0, 0.05) is 24.7 Å². The Morgan fingerprint density at radius 3 is 2.44 bits per heavy atom. The molecule has 2 aromatic rings. The molecule has 1 N–H and O–H groups in total. The molecule has 0 aliphatic carbocycles. The highest BCUT2D eigenvalue weighted by molar-refractivity contribution is 5.89. The second-order valence-electron chi connectivity index (χ2n) is 9.35. The monoisotopic (exact) mass is 541 g/mol. The summed E-state index contributed by atoms with van der Waals surface area (Å²) in [6.45, 7) is 5.50. The summed E-state index contributed by atoms with van der Waals surface area (Å²) in [6.07, 6.45) is -0.720. The van der Waals surface area contributed by atoms with Crippen molar-refractivity contribution in [3.8, 4) is 5.75 Å². The number of esters is 1. The fourth-order valence-electron chi connectivity index (χ4n) is 4.11. The van der Waals surface area contributed by atoms with Crippen molar-refractivity contribution in [1.82, 2.24) is 0 Å². The van der Waals surface area contributed by atoms with E-state index >= 15 is 0 Å². The standard InChI is InChI=1S/C29H39N3O7/c1-3-5-18-35-20-24-26(39-28(34)22-10-8-7-9-11-22)25(33)27(36-19-6-4-2)29(38-24)37-23-14-12-21(13-15-23)16-17-31-32-30/h7-15,24-27,29,33H,3-6,16-20H2,1-2H3/t24?,25?,26-,27?,29+/m0/s1. The number of ether oxygens (including phenoxy) is 5. The van der Waals surface area contributed by atoms with Gasteiger partial charge in [0.1, 0.15) is 24.1 Å². The first-order valence-electron chi connectivity index (χ1n) is 13.6. The van der Waals surface area contributed by atoms with Gasteiger partial charge in [0.15, 0.2) is 6.10 Å². The van der Waals surface area contributed by atoms with Crippen molar-refractivity contribution >= 4 is 5.97 Å². The first-order valence-corrected chi connectivity index (χ1v) is 13.6. The third-order valence-electron chi connectivity index (χ3n) is 6.34. The van der Waals surface area contributed by atoms with Crippen LogP contribution in [0.3, 0.4) is 0 Å². The van der Waals surface area contributed by atoms with Crippen LogP contribution in [-0.2, 0) is 25.4 Å². The van der Waals surface area contributed by atoms with Crippen LogP contribution in [0.2, 0.25) is 0 Å². The maximum Gasteiger partial charge on any atom is 0.338 e. The number of hydrogen-bond donors (Lipinski definition) is 1. The van der Waals surface area contributed by atoms with E-state index in [-0.39, 0.29) is 6.61 Å². The van der Waals surface area contributed by atoms with E-state index in [1.54, 1.807) is 36.4 Å². The Bertz CT molecular complexity index is 1030. The van der Waals surface area contributed by atoms with Gasteiger partial charge in [0.05, 0.1) is 12.2 Å². The number of rotatable bonds is 16. The molecular weight excluding hydrogens is 502 g/mol. The number of carbonyl (C=O) groups excluding carboxylic acids is 1. The summed E-state index contributed by atoms with van der Waals surface area (Å²) in [5.74, 6) is -0.0426. The summed E-state index contributed by atoms with van der Waals surface area (Å²) in [5.41, 5.74) is 9.84. The highest BCUT2D eigenvalue weighted by Crippen LogP contribution is 2.29. The zero-order valence-corrected chi connectivity index (χ0v) is 22.7. The molecule has 10 heteroatoms. The first kappa shape index (κ1) is 30.4. The number of benzene rings is 2. The second-order valence-corrected chi connectivity index (χ2v) is 9.35. The quantitative estimate of drug-likeness (QED) is 0.101. The summed E-state index contributed by atoms with van der Waals surface area (Å²) in [4.78, 5) is 15.7. The van der Waals surface area contributed by atoms with E-state index in [0.717, 1.165) is 31.2 Å². The molecule has 0 bridgehead atoms. The van der Waals surface area contributed by atoms with Gasteiger partial charge in [0.25, 0.3) is 0 Å². The second kappa shape index (κ2) is 16.7. The molecule has 1 saturated heterocycles. The van der Waals surface area contributed by atoms with E-state index in [9.17, 15) is 9.90 Å². The van der Waals surface area contributed by atoms with Gasteiger partial charge >= 0.3 is 5.97 Å². The van der Waals surface area contributed by atoms with Crippen molar-refractivity contribution in [3.63, 3.8) is 0 Å². The lowest BCUT2D eigenvalue weighted by Gasteiger charge is -2.43. The molecule has 1 aliphatic heterocycles. The van der Waals surface area contributed by atoms with Crippen molar-refractivity contribution in [2.24, 2.45) is 5.11 Å². The maximum atomic E-state index is 12.9. The Kier molecular flexibility index (Phi) is 13.1. The lowest BCUT2D eigenvalue weighted by molar-refractivity contribution is -0.289. The van der Waals surface area contributed by atoms with E-state index in [4.69, 9.17) is 29.2 Å². The topological polar surface area (TPSA) is 132 Å². The molecule has 3 unspecified atom stereocenters. The fourth-order valence-corrected chi connectivity index (χ4v) is 4.11. The normalized spacial score (nSPS) is 22.6. The molecule has 39 heavy (non-hydrogen) atoms. The zero-order valence-electron chi connectivity index (χ0n) is 22.7. The van der Waals surface area contributed by atoms with E-state index in [0.29, 0.717) is 37.5 Å². The molecule has 1 heterocycles. The third kappa shape index (κ3) is 9.53. The molecule has 212 valence electrons. The van der Waals surface area contributed by atoms with Crippen LogP contribution in [0.15, 0.2) is 59.7 Å². The van der Waals surface area contributed by atoms with Crippen molar-refractivity contribution in [1.29, 1.82) is 0 Å². The first-order chi connectivity index (χ1) is 19.1. The molecule has 0 aromatic heterocycles. The Morgan fingerprint density at radius 1 is 1.03 bits per heavy atom. The number of hydrogen-bond acceptors (Lipinski definition) is 8. The van der Waals surface area contributed by atoms with Gasteiger partial charge in [0.2, 0.25) is 6.29 Å². The van der Waals surface area contributed by atoms with E-state index in [1.807, 2.05) is 25.1 Å². The van der Waals surface area contributed by atoms with Crippen molar-refractivity contribution in [3.05, 3.63) is 76.2 Å². The number of carbonyl (C=O) groups is 1. The average Bonchev–Trinajstić information content (AvgIpc) is 2.96. The number of nitrogens with zero attached hydrogens (tertiary/aromatic N) is 3. The highest BCUT2D eigenvalue weighted by atomic mass is 16.7. The van der Waals surface area contributed by atoms with Crippen LogP contribution >= 0.6 is 0 Å². The number of aliphatic hydroxyl groups is 1. The van der Waals surface area contributed by atoms with Gasteiger partial charge in [-0.3, -0.25) is 0 Å². The van der Waals surface area contributed by atoms with Crippen LogP contribution in [0, 0.1) is 0 Å². The number of aliphatic hydroxyl groups excluding tert-OH is 1. The Labute approximate surface area is 229 Å². The van der Waals surface area contributed by atoms with E-state index in [2.05, 4.69) is 16.9 Å². The minimum absolute atomic E-state index is 0.115. The molecule has 0 amide bonds. The van der Waals surface area contributed by atoms with Gasteiger partial charge in [-0.1, -0.05) is 62.1 Å². The SMILES string of the molecule is CCCCOCC1O[C@@H](Oc2ccc(CCN=[N+]=[N-])cc2)C(OCCCC)C(O)[C@H]1OC(=O)c1ccccc1. The third-order valence-corrected chi connectivity index (χ3v) is 6.34. The summed E-state index contributed by atoms with van der Waals surface area (Å²) >= 11 is 0. The number of azide groups is 1. The Balaban J connectivity index is 1.79. The molecule has 10 nitrogen and oxygen atoms in total. The molecule has 0 saturated carbocycles. The molecule has 0 radical (unpaired) electrons. The molecular formula is C29H39N3O7. The fraction of sp³-hybridized carbons (Fsp3) is 0.552. The minimum atomic E-state index is -1.21. The van der Waals surface area contributed by atoms with Crippen molar-refractivity contribution < 1.29 is 33.6 Å². The van der Waals surface area contributed by atoms with E-state index in [1.165, 1.54) is 0 Å². The highest BCUT2D eigenvalue weighted by Gasteiger charge is 2.49. The summed E-state index contributed by atoms with van der Waals surface area (Å²) < 4.78 is 30.1. The summed E-state index contributed by atoms with van der Waals surface area (Å²) in [7, 11) is 0. The summed E-state index contributed by atoms with van der Waals surface area (Å²) in [5, 5.41) is 15.0. The van der Waals surface area contributed by atoms with Crippen LogP contribution < -0.4 is 4.74 Å². The van der Waals surface area contributed by atoms with Gasteiger partial charge in [-0.2, -0.15) is 0 Å². The lowest BCUT2D eigenvalue weighted by atomic mass is 9.98. The predicted molar refractivity (Wildman–Crippen MR) is 145 cm³/mol. The van der Waals surface area contributed by atoms with Crippen molar-refractivity contribution in [2.45, 2.75) is 76.7 Å². The van der Waals surface area contributed by atoms with Gasteiger partial charge in [-0.05, 0) is 54.6 Å². The molecule has 5 atom stereocenters. The van der Waals surface area contributed by atoms with Crippen LogP contribution in [-0.4, -0.2) is 68.1 Å². The lowest BCUT2D eigenvalue weighted by Crippen LogP contribution is -2.62. The largest absolute Gasteiger partial charge is 0.462 e. The summed E-state index contributed by atoms with van der Waals surface area (Å²) in [6, 6.07) is 16.0. The van der Waals surface area contributed by atoms with Crippen LogP contribution in [0.25, 0.3) is 10.4 Å². The average molecular weight is 542 g/mol. The Morgan fingerprint density at radius 2 is 1.74 bits per heavy atom. The minimum Gasteiger partial charge on any atom is -0.462 e. The molecule has 1 aliphatic rings. The van der Waals surface area contributed by atoms with Gasteiger partial charge in [-0.25, -0.2) is 4.79 Å². The maximum absolute atomic E-state index is 12.9. The van der Waals surface area contributed by atoms with Gasteiger partial charge < -0.3 is 28.8 Å². The van der Waals surface area contributed by atoms with Gasteiger partial charge in [-0.15, -0.1) is 0 Å². The van der Waals surface area contributed by atoms with Crippen LogP contribution in [0.5, 0.6) is 5.75 Å².